The average Bonchev–Trinajstić information content (AvgIpc) is 3.55. The fraction of sp³-hybridized carbons (Fsp3) is 0.556. The van der Waals surface area contributed by atoms with Crippen molar-refractivity contribution in [3.8, 4) is 0 Å². The summed E-state index contributed by atoms with van der Waals surface area (Å²) in [4.78, 5) is 25.8. The number of anilines is 1. The molecule has 0 radical (unpaired) electrons. The van der Waals surface area contributed by atoms with Gasteiger partial charge >= 0.3 is 0 Å². The molecule has 1 aromatic carbocycles. The number of hydrogen-bond donors (Lipinski definition) is 2. The summed E-state index contributed by atoms with van der Waals surface area (Å²) in [5.74, 6) is -0.0526. The zero-order chi connectivity index (χ0) is 26.6. The van der Waals surface area contributed by atoms with E-state index in [1.807, 2.05) is 6.07 Å². The fourth-order valence-electron chi connectivity index (χ4n) is 5.19. The van der Waals surface area contributed by atoms with Gasteiger partial charge in [-0.3, -0.25) is 9.36 Å². The summed E-state index contributed by atoms with van der Waals surface area (Å²) < 4.78 is 31.7. The first-order valence-electron chi connectivity index (χ1n) is 13.5. The summed E-state index contributed by atoms with van der Waals surface area (Å²) >= 11 is 0. The standard InChI is InChI=1S/C27H33N5O7/c33-22-23(39-20-11-5-7-13-36-20)18(14-37-19-10-4-6-12-35-19)38-27(22)32-16-30-21-24(28-15-29-25(21)32)31-26(34)17-8-2-1-3-9-17/h1-3,8-9,15-16,18-20,22-23,27,33H,4-7,10-14H2,(H,28,29,31,34)/t18-,19?,20?,22+,23-,27-/m1/s1. The minimum absolute atomic E-state index is 0.190. The van der Waals surface area contributed by atoms with Crippen molar-refractivity contribution >= 4 is 22.9 Å². The highest BCUT2D eigenvalue weighted by Gasteiger charge is 2.47. The summed E-state index contributed by atoms with van der Waals surface area (Å²) in [5, 5.41) is 14.2. The minimum Gasteiger partial charge on any atom is -0.386 e. The van der Waals surface area contributed by atoms with E-state index in [0.717, 1.165) is 38.5 Å². The molecule has 39 heavy (non-hydrogen) atoms. The Morgan fingerprint density at radius 3 is 2.54 bits per heavy atom. The molecule has 3 aliphatic heterocycles. The van der Waals surface area contributed by atoms with Crippen molar-refractivity contribution in [3.05, 3.63) is 48.5 Å². The lowest BCUT2D eigenvalue weighted by Gasteiger charge is -2.30. The number of rotatable bonds is 8. The molecule has 208 valence electrons. The maximum atomic E-state index is 12.7. The van der Waals surface area contributed by atoms with Crippen molar-refractivity contribution < 1.29 is 33.6 Å². The van der Waals surface area contributed by atoms with Crippen LogP contribution >= 0.6 is 0 Å². The van der Waals surface area contributed by atoms with Crippen molar-refractivity contribution in [2.75, 3.05) is 25.1 Å². The molecule has 2 N–H and O–H groups in total. The molecule has 3 saturated heterocycles. The number of imidazole rings is 1. The summed E-state index contributed by atoms with van der Waals surface area (Å²) in [5.41, 5.74) is 1.27. The summed E-state index contributed by atoms with van der Waals surface area (Å²) in [7, 11) is 0. The molecule has 0 bridgehead atoms. The lowest BCUT2D eigenvalue weighted by Crippen LogP contribution is -2.41. The molecule has 0 saturated carbocycles. The average molecular weight is 540 g/mol. The van der Waals surface area contributed by atoms with Crippen LogP contribution < -0.4 is 5.32 Å². The molecule has 12 nitrogen and oxygen atoms in total. The zero-order valence-electron chi connectivity index (χ0n) is 21.6. The fourth-order valence-corrected chi connectivity index (χ4v) is 5.19. The minimum atomic E-state index is -1.05. The van der Waals surface area contributed by atoms with Gasteiger partial charge in [0.05, 0.1) is 12.9 Å². The van der Waals surface area contributed by atoms with Crippen LogP contribution in [0.5, 0.6) is 0 Å². The molecule has 12 heteroatoms. The van der Waals surface area contributed by atoms with Crippen molar-refractivity contribution in [2.24, 2.45) is 0 Å². The third-order valence-corrected chi connectivity index (χ3v) is 7.24. The monoisotopic (exact) mass is 539 g/mol. The van der Waals surface area contributed by atoms with Crippen LogP contribution in [0.3, 0.4) is 0 Å². The highest BCUT2D eigenvalue weighted by atomic mass is 16.7. The number of nitrogens with zero attached hydrogens (tertiary/aromatic N) is 4. The van der Waals surface area contributed by atoms with E-state index in [4.69, 9.17) is 23.7 Å². The smallest absolute Gasteiger partial charge is 0.256 e. The lowest BCUT2D eigenvalue weighted by atomic mass is 10.1. The van der Waals surface area contributed by atoms with Gasteiger partial charge in [0, 0.05) is 18.8 Å². The maximum absolute atomic E-state index is 12.7. The van der Waals surface area contributed by atoms with Gasteiger partial charge in [-0.05, 0) is 50.7 Å². The van der Waals surface area contributed by atoms with Gasteiger partial charge in [-0.2, -0.15) is 0 Å². The third kappa shape index (κ3) is 5.81. The van der Waals surface area contributed by atoms with Crippen LogP contribution in [-0.2, 0) is 23.7 Å². The van der Waals surface area contributed by atoms with E-state index in [1.54, 1.807) is 28.8 Å². The van der Waals surface area contributed by atoms with E-state index < -0.39 is 30.8 Å². The van der Waals surface area contributed by atoms with E-state index >= 15 is 0 Å². The molecule has 3 fully saturated rings. The highest BCUT2D eigenvalue weighted by molar-refractivity contribution is 6.06. The van der Waals surface area contributed by atoms with Gasteiger partial charge in [-0.25, -0.2) is 15.0 Å². The normalized spacial score (nSPS) is 29.5. The third-order valence-electron chi connectivity index (χ3n) is 7.24. The van der Waals surface area contributed by atoms with Crippen LogP contribution in [-0.4, -0.2) is 81.2 Å². The van der Waals surface area contributed by atoms with Gasteiger partial charge < -0.3 is 34.1 Å². The quantitative estimate of drug-likeness (QED) is 0.439. The first kappa shape index (κ1) is 26.2. The molecule has 0 spiro atoms. The van der Waals surface area contributed by atoms with E-state index in [0.29, 0.717) is 29.9 Å². The van der Waals surface area contributed by atoms with Crippen LogP contribution in [0.15, 0.2) is 43.0 Å². The number of aliphatic hydroxyl groups excluding tert-OH is 1. The molecule has 2 unspecified atom stereocenters. The van der Waals surface area contributed by atoms with E-state index in [2.05, 4.69) is 20.3 Å². The molecule has 3 aliphatic rings. The predicted molar refractivity (Wildman–Crippen MR) is 138 cm³/mol. The summed E-state index contributed by atoms with van der Waals surface area (Å²) in [6, 6.07) is 8.84. The summed E-state index contributed by atoms with van der Waals surface area (Å²) in [6.45, 7) is 1.48. The Labute approximate surface area is 225 Å². The van der Waals surface area contributed by atoms with Crippen LogP contribution in [0.2, 0.25) is 0 Å². The van der Waals surface area contributed by atoms with Crippen LogP contribution in [0.4, 0.5) is 5.82 Å². The molecular weight excluding hydrogens is 506 g/mol. The number of aromatic nitrogens is 4. The zero-order valence-corrected chi connectivity index (χ0v) is 21.6. The first-order chi connectivity index (χ1) is 19.2. The van der Waals surface area contributed by atoms with Crippen molar-refractivity contribution in [3.63, 3.8) is 0 Å². The summed E-state index contributed by atoms with van der Waals surface area (Å²) in [6.07, 6.45) is 4.58. The number of nitrogens with one attached hydrogen (secondary N) is 1. The predicted octanol–water partition coefficient (Wildman–Crippen LogP) is 2.79. The first-order valence-corrected chi connectivity index (χ1v) is 13.5. The van der Waals surface area contributed by atoms with Gasteiger partial charge in [-0.15, -0.1) is 0 Å². The van der Waals surface area contributed by atoms with E-state index in [9.17, 15) is 9.90 Å². The largest absolute Gasteiger partial charge is 0.386 e. The molecule has 5 heterocycles. The molecule has 1 amide bonds. The SMILES string of the molecule is O=C(Nc1ncnc2c1ncn2[C@@H]1O[C@H](COC2CCCCO2)[C@@H](OC2CCCCO2)[C@@H]1O)c1ccccc1. The molecule has 2 aromatic heterocycles. The molecule has 6 atom stereocenters. The Morgan fingerprint density at radius 2 is 1.79 bits per heavy atom. The Balaban J connectivity index is 1.22. The van der Waals surface area contributed by atoms with Crippen molar-refractivity contribution in [1.82, 2.24) is 19.5 Å². The molecule has 0 aliphatic carbocycles. The second-order valence-corrected chi connectivity index (χ2v) is 9.95. The number of carbonyl (C=O) groups excluding carboxylic acids is 1. The number of hydrogen-bond acceptors (Lipinski definition) is 10. The van der Waals surface area contributed by atoms with Crippen LogP contribution in [0, 0.1) is 0 Å². The van der Waals surface area contributed by atoms with Crippen LogP contribution in [0.1, 0.15) is 55.1 Å². The number of amides is 1. The number of aliphatic hydroxyl groups is 1. The van der Waals surface area contributed by atoms with Gasteiger partial charge in [0.1, 0.15) is 24.6 Å². The Bertz CT molecular complexity index is 1250. The number of fused-ring (bicyclic) bond motifs is 1. The second-order valence-electron chi connectivity index (χ2n) is 9.95. The van der Waals surface area contributed by atoms with Crippen LogP contribution in [0.25, 0.3) is 11.2 Å². The van der Waals surface area contributed by atoms with Crippen molar-refractivity contribution in [1.29, 1.82) is 0 Å². The Morgan fingerprint density at radius 1 is 1.03 bits per heavy atom. The van der Waals surface area contributed by atoms with Gasteiger partial charge in [0.15, 0.2) is 35.8 Å². The van der Waals surface area contributed by atoms with Gasteiger partial charge in [0.2, 0.25) is 0 Å². The highest BCUT2D eigenvalue weighted by Crippen LogP contribution is 2.36. The second kappa shape index (κ2) is 12.0. The molecule has 6 rings (SSSR count). The topological polar surface area (TPSA) is 139 Å². The Hall–Kier alpha value is -3.00. The van der Waals surface area contributed by atoms with Gasteiger partial charge in [0.25, 0.3) is 5.91 Å². The van der Waals surface area contributed by atoms with Gasteiger partial charge in [-0.1, -0.05) is 18.2 Å². The Kier molecular flexibility index (Phi) is 8.09. The number of benzene rings is 1. The van der Waals surface area contributed by atoms with Crippen molar-refractivity contribution in [2.45, 2.75) is 75.6 Å². The maximum Gasteiger partial charge on any atom is 0.256 e. The molecular formula is C27H33N5O7. The number of ether oxygens (including phenoxy) is 5. The van der Waals surface area contributed by atoms with E-state index in [1.165, 1.54) is 12.7 Å². The number of carbonyl (C=O) groups is 1. The molecule has 3 aromatic rings. The van der Waals surface area contributed by atoms with E-state index in [-0.39, 0.29) is 24.6 Å². The lowest BCUT2D eigenvalue weighted by molar-refractivity contribution is -0.223.